The SMILES string of the molecule is C(=C\c1ccccc1)/CN1CCC[C@H](c2ccnc(SCCN3CCCC3)n2)C1. The van der Waals surface area contributed by atoms with Gasteiger partial charge in [0, 0.05) is 43.2 Å². The predicted molar refractivity (Wildman–Crippen MR) is 122 cm³/mol. The Morgan fingerprint density at radius 1 is 1.00 bits per heavy atom. The van der Waals surface area contributed by atoms with E-state index in [1.165, 1.54) is 56.6 Å². The minimum atomic E-state index is 0.523. The Labute approximate surface area is 179 Å². The maximum Gasteiger partial charge on any atom is 0.187 e. The molecular formula is C24H32N4S. The van der Waals surface area contributed by atoms with Gasteiger partial charge in [-0.05, 0) is 56.9 Å². The van der Waals surface area contributed by atoms with Crippen molar-refractivity contribution >= 4 is 17.8 Å². The van der Waals surface area contributed by atoms with Gasteiger partial charge in [0.1, 0.15) is 0 Å². The number of benzene rings is 1. The lowest BCUT2D eigenvalue weighted by Gasteiger charge is -2.31. The summed E-state index contributed by atoms with van der Waals surface area (Å²) in [5.74, 6) is 1.61. The molecule has 0 amide bonds. The van der Waals surface area contributed by atoms with Crippen LogP contribution in [-0.2, 0) is 0 Å². The van der Waals surface area contributed by atoms with Gasteiger partial charge in [-0.2, -0.15) is 0 Å². The van der Waals surface area contributed by atoms with E-state index in [1.807, 2.05) is 18.0 Å². The van der Waals surface area contributed by atoms with E-state index < -0.39 is 0 Å². The van der Waals surface area contributed by atoms with E-state index >= 15 is 0 Å². The molecule has 2 fully saturated rings. The average molecular weight is 409 g/mol. The molecule has 0 unspecified atom stereocenters. The van der Waals surface area contributed by atoms with E-state index in [0.29, 0.717) is 5.92 Å². The van der Waals surface area contributed by atoms with Crippen molar-refractivity contribution in [3.8, 4) is 0 Å². The molecule has 0 radical (unpaired) electrons. The molecule has 29 heavy (non-hydrogen) atoms. The van der Waals surface area contributed by atoms with Crippen molar-refractivity contribution in [2.75, 3.05) is 45.0 Å². The summed E-state index contributed by atoms with van der Waals surface area (Å²) in [4.78, 5) is 14.5. The maximum atomic E-state index is 4.91. The summed E-state index contributed by atoms with van der Waals surface area (Å²) in [6.45, 7) is 6.96. The summed E-state index contributed by atoms with van der Waals surface area (Å²) in [7, 11) is 0. The highest BCUT2D eigenvalue weighted by atomic mass is 32.2. The predicted octanol–water partition coefficient (Wildman–Crippen LogP) is 4.56. The Balaban J connectivity index is 1.27. The van der Waals surface area contributed by atoms with Crippen LogP contribution in [0.2, 0.25) is 0 Å². The van der Waals surface area contributed by atoms with E-state index in [4.69, 9.17) is 4.98 Å². The van der Waals surface area contributed by atoms with Gasteiger partial charge >= 0.3 is 0 Å². The second-order valence-electron chi connectivity index (χ2n) is 8.07. The third kappa shape index (κ3) is 6.39. The third-order valence-electron chi connectivity index (χ3n) is 5.89. The fourth-order valence-electron chi connectivity index (χ4n) is 4.29. The first-order valence-corrected chi connectivity index (χ1v) is 12.0. The van der Waals surface area contributed by atoms with Crippen LogP contribution in [0.5, 0.6) is 0 Å². The molecule has 154 valence electrons. The van der Waals surface area contributed by atoms with Gasteiger partial charge in [-0.3, -0.25) is 4.90 Å². The molecule has 0 N–H and O–H groups in total. The molecule has 0 aliphatic carbocycles. The molecule has 1 aromatic heterocycles. The maximum absolute atomic E-state index is 4.91. The van der Waals surface area contributed by atoms with E-state index in [1.54, 1.807) is 0 Å². The number of rotatable bonds is 8. The molecule has 0 saturated carbocycles. The van der Waals surface area contributed by atoms with Crippen LogP contribution < -0.4 is 0 Å². The Kier molecular flexibility index (Phi) is 7.74. The van der Waals surface area contributed by atoms with E-state index in [2.05, 4.69) is 63.3 Å². The van der Waals surface area contributed by atoms with Gasteiger partial charge in [0.2, 0.25) is 0 Å². The molecular weight excluding hydrogens is 376 g/mol. The van der Waals surface area contributed by atoms with Gasteiger partial charge in [0.05, 0.1) is 0 Å². The lowest BCUT2D eigenvalue weighted by molar-refractivity contribution is 0.226. The molecule has 4 rings (SSSR count). The van der Waals surface area contributed by atoms with Crippen LogP contribution in [0.3, 0.4) is 0 Å². The highest BCUT2D eigenvalue weighted by Crippen LogP contribution is 2.26. The van der Waals surface area contributed by atoms with Crippen molar-refractivity contribution in [2.24, 2.45) is 0 Å². The fraction of sp³-hybridized carbons (Fsp3) is 0.500. The van der Waals surface area contributed by atoms with E-state index in [-0.39, 0.29) is 0 Å². The molecule has 1 aromatic carbocycles. The van der Waals surface area contributed by atoms with Crippen LogP contribution in [0.25, 0.3) is 6.08 Å². The van der Waals surface area contributed by atoms with Crippen LogP contribution >= 0.6 is 11.8 Å². The third-order valence-corrected chi connectivity index (χ3v) is 6.73. The molecule has 0 spiro atoms. The zero-order valence-electron chi connectivity index (χ0n) is 17.2. The van der Waals surface area contributed by atoms with Crippen LogP contribution in [0, 0.1) is 0 Å². The largest absolute Gasteiger partial charge is 0.303 e. The molecule has 0 bridgehead atoms. The average Bonchev–Trinajstić information content (AvgIpc) is 3.29. The molecule has 2 aliphatic rings. The fourth-order valence-corrected chi connectivity index (χ4v) is 5.13. The lowest BCUT2D eigenvalue weighted by Crippen LogP contribution is -2.34. The van der Waals surface area contributed by atoms with Crippen molar-refractivity contribution in [1.29, 1.82) is 0 Å². The zero-order chi connectivity index (χ0) is 19.7. The monoisotopic (exact) mass is 408 g/mol. The van der Waals surface area contributed by atoms with Crippen molar-refractivity contribution < 1.29 is 0 Å². The summed E-state index contributed by atoms with van der Waals surface area (Å²) in [5, 5.41) is 0.947. The van der Waals surface area contributed by atoms with E-state index in [9.17, 15) is 0 Å². The van der Waals surface area contributed by atoms with Gasteiger partial charge < -0.3 is 4.90 Å². The molecule has 3 heterocycles. The number of nitrogens with zero attached hydrogens (tertiary/aromatic N) is 4. The summed E-state index contributed by atoms with van der Waals surface area (Å²) >= 11 is 1.81. The second-order valence-corrected chi connectivity index (χ2v) is 9.14. The quantitative estimate of drug-likeness (QED) is 0.472. The van der Waals surface area contributed by atoms with Crippen LogP contribution in [0.1, 0.15) is 42.9 Å². The van der Waals surface area contributed by atoms with Gasteiger partial charge in [-0.1, -0.05) is 54.2 Å². The molecule has 2 aromatic rings. The standard InChI is InChI=1S/C24H32N4S/c1-2-8-21(9-3-1)10-6-16-28-17-7-11-22(20-28)23-12-13-25-24(26-23)29-19-18-27-14-4-5-15-27/h1-3,6,8-10,12-13,22H,4-5,7,11,14-20H2/b10-6+/t22-/m0/s1. The number of likely N-dealkylation sites (tertiary alicyclic amines) is 2. The molecule has 5 heteroatoms. The summed E-state index contributed by atoms with van der Waals surface area (Å²) in [6.07, 6.45) is 11.7. The highest BCUT2D eigenvalue weighted by molar-refractivity contribution is 7.99. The minimum absolute atomic E-state index is 0.523. The van der Waals surface area contributed by atoms with Crippen molar-refractivity contribution in [3.63, 3.8) is 0 Å². The lowest BCUT2D eigenvalue weighted by atomic mass is 9.94. The normalized spacial score (nSPS) is 21.2. The molecule has 2 saturated heterocycles. The number of piperidine rings is 1. The van der Waals surface area contributed by atoms with Crippen LogP contribution in [0.15, 0.2) is 53.8 Å². The van der Waals surface area contributed by atoms with Gasteiger partial charge in [0.25, 0.3) is 0 Å². The Morgan fingerprint density at radius 3 is 2.69 bits per heavy atom. The van der Waals surface area contributed by atoms with Crippen LogP contribution in [0.4, 0.5) is 0 Å². The van der Waals surface area contributed by atoms with Crippen molar-refractivity contribution in [3.05, 3.63) is 59.9 Å². The molecule has 4 nitrogen and oxygen atoms in total. The first-order chi connectivity index (χ1) is 14.4. The highest BCUT2D eigenvalue weighted by Gasteiger charge is 2.22. The summed E-state index contributed by atoms with van der Waals surface area (Å²) < 4.78 is 0. The Morgan fingerprint density at radius 2 is 1.83 bits per heavy atom. The van der Waals surface area contributed by atoms with Gasteiger partial charge in [0.15, 0.2) is 5.16 Å². The first-order valence-electron chi connectivity index (χ1n) is 11.0. The smallest absolute Gasteiger partial charge is 0.187 e. The number of hydrogen-bond acceptors (Lipinski definition) is 5. The summed E-state index contributed by atoms with van der Waals surface area (Å²) in [5.41, 5.74) is 2.49. The van der Waals surface area contributed by atoms with Crippen LogP contribution in [-0.4, -0.2) is 64.8 Å². The van der Waals surface area contributed by atoms with Crippen molar-refractivity contribution in [2.45, 2.75) is 36.8 Å². The van der Waals surface area contributed by atoms with E-state index in [0.717, 1.165) is 30.5 Å². The van der Waals surface area contributed by atoms with Crippen molar-refractivity contribution in [1.82, 2.24) is 19.8 Å². The Hall–Kier alpha value is -1.69. The first kappa shape index (κ1) is 20.6. The second kappa shape index (κ2) is 10.9. The number of aromatic nitrogens is 2. The topological polar surface area (TPSA) is 32.3 Å². The number of thioether (sulfide) groups is 1. The zero-order valence-corrected chi connectivity index (χ0v) is 18.1. The molecule has 1 atom stereocenters. The van der Waals surface area contributed by atoms with Gasteiger partial charge in [-0.15, -0.1) is 0 Å². The number of hydrogen-bond donors (Lipinski definition) is 0. The minimum Gasteiger partial charge on any atom is -0.303 e. The molecule has 2 aliphatic heterocycles. The van der Waals surface area contributed by atoms with Gasteiger partial charge in [-0.25, -0.2) is 9.97 Å². The Bertz CT molecular complexity index is 773. The summed E-state index contributed by atoms with van der Waals surface area (Å²) in [6, 6.07) is 12.7.